The van der Waals surface area contributed by atoms with E-state index in [2.05, 4.69) is 26.1 Å². The number of anilines is 2. The predicted octanol–water partition coefficient (Wildman–Crippen LogP) is 3.27. The van der Waals surface area contributed by atoms with Crippen LogP contribution in [0.5, 0.6) is 0 Å². The number of aromatic amines is 1. The topological polar surface area (TPSA) is 119 Å². The Morgan fingerprint density at radius 2 is 1.92 bits per heavy atom. The number of halogens is 3. The van der Waals surface area contributed by atoms with Crippen LogP contribution in [0, 0.1) is 11.6 Å². The van der Waals surface area contributed by atoms with Gasteiger partial charge in [0.25, 0.3) is 5.91 Å². The highest BCUT2D eigenvalue weighted by molar-refractivity contribution is 7.89. The molecule has 1 atom stereocenters. The summed E-state index contributed by atoms with van der Waals surface area (Å²) in [5.41, 5.74) is 2.32. The third-order valence-corrected chi connectivity index (χ3v) is 8.30. The van der Waals surface area contributed by atoms with Gasteiger partial charge < -0.3 is 16.0 Å². The number of H-pyrrole nitrogens is 1. The Kier molecular flexibility index (Phi) is 8.12. The second kappa shape index (κ2) is 11.1. The Morgan fingerprint density at radius 3 is 2.65 bits per heavy atom. The van der Waals surface area contributed by atoms with E-state index in [0.717, 1.165) is 35.8 Å². The number of nitrogens with zero attached hydrogens (tertiary/aromatic N) is 2. The molecule has 13 heteroatoms. The maximum absolute atomic E-state index is 13.7. The molecule has 1 amide bonds. The lowest BCUT2D eigenvalue weighted by Gasteiger charge is -2.26. The number of sulfonamides is 1. The van der Waals surface area contributed by atoms with E-state index in [-0.39, 0.29) is 37.2 Å². The van der Waals surface area contributed by atoms with Gasteiger partial charge in [0, 0.05) is 55.1 Å². The Labute approximate surface area is 219 Å². The fourth-order valence-electron chi connectivity index (χ4n) is 4.58. The van der Waals surface area contributed by atoms with E-state index in [1.54, 1.807) is 12.1 Å². The lowest BCUT2D eigenvalue weighted by Crippen LogP contribution is -2.36. The highest BCUT2D eigenvalue weighted by Crippen LogP contribution is 2.29. The standard InChI is InChI=1S/C24H26F2N6O3S.ClH/c25-15-10-16(26)12-18(11-15)36(34,35)32-9-7-22-20(14-32)23(31-30-22)29-24(33)19-5-1-2-6-21(19)28-13-17-4-3-8-27-17;/h1-2,5-6,10-12,17,27-28H,3-4,7-9,13-14H2,(H2,29,30,31,33);1H. The SMILES string of the molecule is Cl.O=C(Nc1n[nH]c2c1CN(S(=O)(=O)c1cc(F)cc(F)c1)CC2)c1ccccc1NCC1CCCN1. The summed E-state index contributed by atoms with van der Waals surface area (Å²) in [6.07, 6.45) is 2.50. The van der Waals surface area contributed by atoms with Gasteiger partial charge in [-0.05, 0) is 43.7 Å². The van der Waals surface area contributed by atoms with Gasteiger partial charge in [0.15, 0.2) is 5.82 Å². The van der Waals surface area contributed by atoms with Gasteiger partial charge in [-0.15, -0.1) is 12.4 Å². The van der Waals surface area contributed by atoms with Crippen LogP contribution in [0.2, 0.25) is 0 Å². The molecule has 3 aromatic rings. The average molecular weight is 553 g/mol. The number of nitrogens with one attached hydrogen (secondary N) is 4. The minimum atomic E-state index is -4.16. The van der Waals surface area contributed by atoms with Crippen LogP contribution >= 0.6 is 12.4 Å². The van der Waals surface area contributed by atoms with Gasteiger partial charge in [-0.25, -0.2) is 17.2 Å². The molecule has 2 aromatic carbocycles. The molecule has 0 saturated carbocycles. The molecule has 1 aromatic heterocycles. The van der Waals surface area contributed by atoms with Crippen LogP contribution in [-0.2, 0) is 23.0 Å². The Bertz CT molecular complexity index is 1370. The summed E-state index contributed by atoms with van der Waals surface area (Å²) >= 11 is 0. The number of rotatable bonds is 7. The van der Waals surface area contributed by atoms with Crippen LogP contribution in [-0.4, -0.2) is 54.5 Å². The van der Waals surface area contributed by atoms with E-state index < -0.39 is 26.6 Å². The van der Waals surface area contributed by atoms with Crippen molar-refractivity contribution in [3.05, 3.63) is 70.9 Å². The second-order valence-corrected chi connectivity index (χ2v) is 10.8. The molecule has 2 aliphatic rings. The lowest BCUT2D eigenvalue weighted by molar-refractivity contribution is 0.102. The molecule has 0 aliphatic carbocycles. The summed E-state index contributed by atoms with van der Waals surface area (Å²) in [4.78, 5) is 12.7. The van der Waals surface area contributed by atoms with E-state index in [0.29, 0.717) is 47.6 Å². The zero-order valence-corrected chi connectivity index (χ0v) is 21.4. The van der Waals surface area contributed by atoms with Gasteiger partial charge >= 0.3 is 0 Å². The van der Waals surface area contributed by atoms with Crippen molar-refractivity contribution in [3.63, 3.8) is 0 Å². The third-order valence-electron chi connectivity index (χ3n) is 6.48. The zero-order valence-electron chi connectivity index (χ0n) is 19.8. The summed E-state index contributed by atoms with van der Waals surface area (Å²) in [5.74, 6) is -2.12. The number of hydrogen-bond donors (Lipinski definition) is 4. The van der Waals surface area contributed by atoms with Crippen LogP contribution in [0.1, 0.15) is 34.5 Å². The molecular weight excluding hydrogens is 526 g/mol. The van der Waals surface area contributed by atoms with Gasteiger partial charge in [0.1, 0.15) is 11.6 Å². The van der Waals surface area contributed by atoms with Gasteiger partial charge in [0.2, 0.25) is 10.0 Å². The van der Waals surface area contributed by atoms with Gasteiger partial charge in [-0.3, -0.25) is 9.89 Å². The summed E-state index contributed by atoms with van der Waals surface area (Å²) < 4.78 is 54.6. The van der Waals surface area contributed by atoms with Crippen LogP contribution < -0.4 is 16.0 Å². The lowest BCUT2D eigenvalue weighted by atomic mass is 10.1. The number of fused-ring (bicyclic) bond motifs is 1. The van der Waals surface area contributed by atoms with E-state index >= 15 is 0 Å². The number of aromatic nitrogens is 2. The number of amides is 1. The number of carbonyl (C=O) groups excluding carboxylic acids is 1. The van der Waals surface area contributed by atoms with Crippen molar-refractivity contribution in [1.82, 2.24) is 19.8 Å². The van der Waals surface area contributed by atoms with Gasteiger partial charge in [-0.1, -0.05) is 12.1 Å². The maximum Gasteiger partial charge on any atom is 0.258 e. The third kappa shape index (κ3) is 5.77. The van der Waals surface area contributed by atoms with Crippen molar-refractivity contribution >= 4 is 39.8 Å². The first kappa shape index (κ1) is 27.0. The van der Waals surface area contributed by atoms with E-state index in [1.165, 1.54) is 0 Å². The predicted molar refractivity (Wildman–Crippen MR) is 137 cm³/mol. The molecule has 37 heavy (non-hydrogen) atoms. The van der Waals surface area contributed by atoms with Crippen molar-refractivity contribution in [1.29, 1.82) is 0 Å². The maximum atomic E-state index is 13.7. The van der Waals surface area contributed by atoms with Gasteiger partial charge in [-0.2, -0.15) is 9.40 Å². The molecule has 3 heterocycles. The quantitative estimate of drug-likeness (QED) is 0.357. The van der Waals surface area contributed by atoms with Crippen LogP contribution in [0.15, 0.2) is 47.4 Å². The summed E-state index contributed by atoms with van der Waals surface area (Å²) in [6.45, 7) is 1.68. The fraction of sp³-hybridized carbons (Fsp3) is 0.333. The molecule has 9 nitrogen and oxygen atoms in total. The molecule has 0 bridgehead atoms. The Morgan fingerprint density at radius 1 is 1.16 bits per heavy atom. The molecule has 0 spiro atoms. The highest BCUT2D eigenvalue weighted by Gasteiger charge is 2.32. The first-order valence-electron chi connectivity index (χ1n) is 11.7. The minimum absolute atomic E-state index is 0. The zero-order chi connectivity index (χ0) is 25.3. The van der Waals surface area contributed by atoms with Crippen molar-refractivity contribution in [2.45, 2.75) is 36.7 Å². The molecule has 1 saturated heterocycles. The molecule has 198 valence electrons. The number of hydrogen-bond acceptors (Lipinski definition) is 6. The summed E-state index contributed by atoms with van der Waals surface area (Å²) in [6, 6.07) is 9.68. The largest absolute Gasteiger partial charge is 0.383 e. The molecule has 1 fully saturated rings. The summed E-state index contributed by atoms with van der Waals surface area (Å²) in [7, 11) is -4.16. The molecule has 5 rings (SSSR count). The van der Waals surface area contributed by atoms with Crippen molar-refractivity contribution < 1.29 is 22.0 Å². The number of carbonyl (C=O) groups is 1. The first-order valence-corrected chi connectivity index (χ1v) is 13.2. The highest BCUT2D eigenvalue weighted by atomic mass is 35.5. The van der Waals surface area contributed by atoms with E-state index in [9.17, 15) is 22.0 Å². The minimum Gasteiger partial charge on any atom is -0.383 e. The van der Waals surface area contributed by atoms with Crippen LogP contribution in [0.25, 0.3) is 0 Å². The van der Waals surface area contributed by atoms with Crippen molar-refractivity contribution in [3.8, 4) is 0 Å². The number of para-hydroxylation sites is 1. The molecule has 4 N–H and O–H groups in total. The molecule has 2 aliphatic heterocycles. The van der Waals surface area contributed by atoms with Gasteiger partial charge in [0.05, 0.1) is 10.5 Å². The first-order chi connectivity index (χ1) is 17.3. The smallest absolute Gasteiger partial charge is 0.258 e. The normalized spacial score (nSPS) is 17.6. The summed E-state index contributed by atoms with van der Waals surface area (Å²) in [5, 5.41) is 16.6. The van der Waals surface area contributed by atoms with Crippen LogP contribution in [0.4, 0.5) is 20.3 Å². The van der Waals surface area contributed by atoms with E-state index in [4.69, 9.17) is 0 Å². The van der Waals surface area contributed by atoms with Crippen LogP contribution in [0.3, 0.4) is 0 Å². The monoisotopic (exact) mass is 552 g/mol. The van der Waals surface area contributed by atoms with Crippen molar-refractivity contribution in [2.24, 2.45) is 0 Å². The Balaban J connectivity index is 0.00000320. The number of benzene rings is 2. The average Bonchev–Trinajstić information content (AvgIpc) is 3.52. The molecule has 0 radical (unpaired) electrons. The van der Waals surface area contributed by atoms with Crippen molar-refractivity contribution in [2.75, 3.05) is 30.3 Å². The second-order valence-electron chi connectivity index (χ2n) is 8.90. The Hall–Kier alpha value is -3.06. The fourth-order valence-corrected chi connectivity index (χ4v) is 6.03. The van der Waals surface area contributed by atoms with E-state index in [1.807, 2.05) is 12.1 Å². The molecule has 1 unspecified atom stereocenters. The molecular formula is C24H27ClF2N6O3S.